The number of aromatic nitrogens is 1. The number of methoxy groups -OCH3 is 2. The van der Waals surface area contributed by atoms with Crippen molar-refractivity contribution in [2.75, 3.05) is 20.8 Å². The van der Waals surface area contributed by atoms with Gasteiger partial charge in [-0.2, -0.15) is 0 Å². The summed E-state index contributed by atoms with van der Waals surface area (Å²) in [4.78, 5) is 48.5. The second-order valence-electron chi connectivity index (χ2n) is 22.6. The number of aliphatic hydroxyl groups is 5. The molecule has 6 rings (SSSR count). The number of ether oxygens (including phenoxy) is 4. The molecule has 4 heterocycles. The Balaban J connectivity index is 1.35. The molecule has 2 bridgehead atoms. The van der Waals surface area contributed by atoms with Crippen molar-refractivity contribution in [3.63, 3.8) is 0 Å². The molecule has 73 heavy (non-hydrogen) atoms. The maximum atomic E-state index is 14.6. The number of H-pyrrole nitrogens is 1. The molecule has 6 N–H and O–H groups in total. The van der Waals surface area contributed by atoms with Crippen LogP contribution in [0, 0.1) is 42.4 Å². The summed E-state index contributed by atoms with van der Waals surface area (Å²) >= 11 is 0. The summed E-state index contributed by atoms with van der Waals surface area (Å²) in [6, 6.07) is 5.06. The molecule has 0 unspecified atom stereocenters. The number of esters is 1. The van der Waals surface area contributed by atoms with E-state index in [2.05, 4.69) is 50.0 Å². The molecule has 4 aliphatic rings. The van der Waals surface area contributed by atoms with Crippen molar-refractivity contribution in [1.29, 1.82) is 0 Å². The van der Waals surface area contributed by atoms with E-state index in [9.17, 15) is 39.9 Å². The fraction of sp³-hybridized carbons (Fsp3) is 0.678. The molecule has 0 spiro atoms. The maximum absolute atomic E-state index is 14.6. The number of hydrogen-bond donors (Lipinski definition) is 6. The van der Waals surface area contributed by atoms with Gasteiger partial charge in [-0.25, -0.2) is 4.79 Å². The van der Waals surface area contributed by atoms with Gasteiger partial charge in [-0.15, -0.1) is 0 Å². The minimum Gasteiger partial charge on any atom is -0.460 e. The van der Waals surface area contributed by atoms with Crippen LogP contribution in [0.3, 0.4) is 0 Å². The van der Waals surface area contributed by atoms with E-state index in [1.165, 1.54) is 12.0 Å². The van der Waals surface area contributed by atoms with E-state index in [1.54, 1.807) is 27.0 Å². The van der Waals surface area contributed by atoms with Gasteiger partial charge in [0.1, 0.15) is 24.4 Å². The Hall–Kier alpha value is -3.99. The number of allylic oxidation sites excluding steroid dienone is 6. The second-order valence-corrected chi connectivity index (χ2v) is 22.6. The number of nitrogens with one attached hydrogen (secondary N) is 1. The van der Waals surface area contributed by atoms with E-state index >= 15 is 0 Å². The third-order valence-corrected chi connectivity index (χ3v) is 17.0. The third kappa shape index (κ3) is 14.1. The first kappa shape index (κ1) is 58.3. The predicted molar refractivity (Wildman–Crippen MR) is 282 cm³/mol. The summed E-state index contributed by atoms with van der Waals surface area (Å²) in [6.07, 6.45) is 13.4. The minimum absolute atomic E-state index is 0.0326. The van der Waals surface area contributed by atoms with Gasteiger partial charge in [0.25, 0.3) is 11.7 Å². The summed E-state index contributed by atoms with van der Waals surface area (Å²) in [6.45, 7) is 15.5. The number of Topliss-reactive ketones (excluding diaryl/α,β-unsaturated/α-hetero) is 1. The number of amides is 1. The van der Waals surface area contributed by atoms with Crippen LogP contribution in [0.4, 0.5) is 0 Å². The molecule has 3 fully saturated rings. The summed E-state index contributed by atoms with van der Waals surface area (Å²) in [5, 5.41) is 59.1. The SMILES string of the molecule is CO[C@H]1[C@@H](O)[C@H](C)C[C@H](C)\C=C/C=C\C=C(\C)[C@@H](c2c[nH]c3c(C)cccc23)C[C@@H]2CC[C@@H](C)[C@@](O)(O2)C(=O)C(=O)N2CCCC[C@H]2C(=O)O[C@H]([C@H](C)C[C@@H]2CC[C@@H](O)[C@H](OC)C2)C[C@H](O)[C@H](C)/C=C(/C)[C@H]1O. The van der Waals surface area contributed by atoms with E-state index in [-0.39, 0.29) is 55.1 Å². The highest BCUT2D eigenvalue weighted by atomic mass is 16.6. The molecule has 3 aliphatic heterocycles. The maximum Gasteiger partial charge on any atom is 0.329 e. The lowest BCUT2D eigenvalue weighted by molar-refractivity contribution is -0.264. The summed E-state index contributed by atoms with van der Waals surface area (Å²) in [5.74, 6) is -6.94. The van der Waals surface area contributed by atoms with Crippen LogP contribution in [0.1, 0.15) is 143 Å². The number of cyclic esters (lactones) is 1. The number of piperidine rings is 1. The van der Waals surface area contributed by atoms with Gasteiger partial charge < -0.3 is 54.4 Å². The van der Waals surface area contributed by atoms with Gasteiger partial charge in [0.2, 0.25) is 5.79 Å². The number of benzene rings is 1. The molecular formula is C59H88N2O12. The number of fused-ring (bicyclic) bond motifs is 4. The number of hydrogen-bond acceptors (Lipinski definition) is 12. The number of rotatable bonds is 6. The first-order valence-corrected chi connectivity index (χ1v) is 27.2. The monoisotopic (exact) mass is 1020 g/mol. The van der Waals surface area contributed by atoms with Crippen molar-refractivity contribution in [3.8, 4) is 0 Å². The van der Waals surface area contributed by atoms with Crippen LogP contribution in [0.15, 0.2) is 72.0 Å². The van der Waals surface area contributed by atoms with E-state index < -0.39 is 84.1 Å². The van der Waals surface area contributed by atoms with Crippen molar-refractivity contribution in [3.05, 3.63) is 83.1 Å². The van der Waals surface area contributed by atoms with E-state index in [0.29, 0.717) is 63.4 Å². The zero-order chi connectivity index (χ0) is 53.3. The normalized spacial score (nSPS) is 39.4. The predicted octanol–water partition coefficient (Wildman–Crippen LogP) is 8.32. The number of nitrogens with zero attached hydrogens (tertiary/aromatic N) is 1. The van der Waals surface area contributed by atoms with E-state index in [1.807, 2.05) is 51.3 Å². The molecule has 0 radical (unpaired) electrons. The van der Waals surface area contributed by atoms with Crippen LogP contribution in [0.2, 0.25) is 0 Å². The van der Waals surface area contributed by atoms with Gasteiger partial charge >= 0.3 is 5.97 Å². The molecule has 14 heteroatoms. The molecule has 1 aromatic heterocycles. The fourth-order valence-electron chi connectivity index (χ4n) is 12.2. The van der Waals surface area contributed by atoms with Crippen LogP contribution in [0.25, 0.3) is 10.9 Å². The average Bonchev–Trinajstić information content (AvgIpc) is 3.81. The molecule has 2 aromatic rings. The second kappa shape index (κ2) is 26.2. The van der Waals surface area contributed by atoms with Gasteiger partial charge in [0, 0.05) is 62.0 Å². The molecule has 1 aliphatic carbocycles. The molecule has 17 atom stereocenters. The van der Waals surface area contributed by atoms with Gasteiger partial charge in [0.05, 0.1) is 30.5 Å². The molecule has 1 saturated carbocycles. The van der Waals surface area contributed by atoms with Crippen molar-refractivity contribution in [1.82, 2.24) is 9.88 Å². The van der Waals surface area contributed by atoms with Crippen LogP contribution in [-0.4, -0.2) is 135 Å². The number of para-hydroxylation sites is 1. The Bertz CT molecular complexity index is 2290. The van der Waals surface area contributed by atoms with E-state index in [4.69, 9.17) is 18.9 Å². The zero-order valence-corrected chi connectivity index (χ0v) is 45.2. The Morgan fingerprint density at radius 3 is 2.33 bits per heavy atom. The highest BCUT2D eigenvalue weighted by Crippen LogP contribution is 2.42. The standard InChI is InChI=1S/C59H88N2O12/c1-34-17-12-11-13-18-35(2)45(46-33-60-52-36(3)19-16-20-44(46)52)31-43-24-22-41(8)59(69,73-43)56(66)57(67)61-26-15-14-21-47(61)58(68)72-50(38(5)29-42-23-25-48(62)51(30-42)70-9)32-49(63)37(4)28-40(7)54(65)55(71-10)53(64)39(6)27-34/h11-13,16-20,28,33-34,37-39,41-43,45,47-51,53-55,60,62-65,69H,14-15,21-27,29-32H2,1-10H3/b13-11-,17-12-,35-18-,40-28-/t34-,37-,38-,39-,41-,42+,43+,45+,47+,48-,49+,50+,51-,53+,54-,55+,59-/m1/s1. The van der Waals surface area contributed by atoms with Crippen LogP contribution < -0.4 is 0 Å². The van der Waals surface area contributed by atoms with Gasteiger partial charge in [-0.05, 0) is 132 Å². The number of carbonyl (C=O) groups excluding carboxylic acids is 3. The van der Waals surface area contributed by atoms with Crippen LogP contribution in [-0.2, 0) is 33.3 Å². The van der Waals surface area contributed by atoms with Crippen molar-refractivity contribution >= 4 is 28.6 Å². The summed E-state index contributed by atoms with van der Waals surface area (Å²) in [7, 11) is 3.05. The number of aromatic amines is 1. The minimum atomic E-state index is -2.44. The first-order chi connectivity index (χ1) is 34.7. The van der Waals surface area contributed by atoms with Crippen molar-refractivity contribution in [2.45, 2.75) is 199 Å². The Labute approximate surface area is 434 Å². The summed E-state index contributed by atoms with van der Waals surface area (Å²) in [5.41, 5.74) is 4.71. The van der Waals surface area contributed by atoms with Gasteiger partial charge in [-0.3, -0.25) is 9.59 Å². The first-order valence-electron chi connectivity index (χ1n) is 27.2. The molecule has 14 nitrogen and oxygen atoms in total. The Morgan fingerprint density at radius 1 is 0.849 bits per heavy atom. The van der Waals surface area contributed by atoms with Crippen molar-refractivity contribution < 1.29 is 58.9 Å². The molecule has 1 amide bonds. The fourth-order valence-corrected chi connectivity index (χ4v) is 12.2. The number of aryl methyl sites for hydroxylation is 1. The molecule has 406 valence electrons. The van der Waals surface area contributed by atoms with Crippen LogP contribution >= 0.6 is 0 Å². The topological polar surface area (TPSA) is 208 Å². The third-order valence-electron chi connectivity index (χ3n) is 17.0. The highest BCUT2D eigenvalue weighted by Gasteiger charge is 2.53. The Kier molecular flexibility index (Phi) is 20.9. The largest absolute Gasteiger partial charge is 0.460 e. The number of carbonyl (C=O) groups is 3. The lowest BCUT2D eigenvalue weighted by atomic mass is 9.78. The smallest absolute Gasteiger partial charge is 0.329 e. The lowest BCUT2D eigenvalue weighted by Gasteiger charge is -2.43. The summed E-state index contributed by atoms with van der Waals surface area (Å²) < 4.78 is 24.2. The average molecular weight is 1020 g/mol. The molecular weight excluding hydrogens is 929 g/mol. The highest BCUT2D eigenvalue weighted by molar-refractivity contribution is 6.39. The van der Waals surface area contributed by atoms with Crippen LogP contribution in [0.5, 0.6) is 0 Å². The Morgan fingerprint density at radius 2 is 1.60 bits per heavy atom. The lowest BCUT2D eigenvalue weighted by Crippen LogP contribution is -2.60. The van der Waals surface area contributed by atoms with Crippen molar-refractivity contribution in [2.24, 2.45) is 35.5 Å². The zero-order valence-electron chi connectivity index (χ0n) is 45.2. The van der Waals surface area contributed by atoms with Gasteiger partial charge in [-0.1, -0.05) is 94.8 Å². The number of aliphatic hydroxyl groups excluding tert-OH is 4. The van der Waals surface area contributed by atoms with Gasteiger partial charge in [0.15, 0.2) is 0 Å². The molecule has 2 saturated heterocycles. The molecule has 1 aromatic carbocycles. The quantitative estimate of drug-likeness (QED) is 0.0918. The number of ketones is 1. The van der Waals surface area contributed by atoms with E-state index in [0.717, 1.165) is 34.0 Å².